The summed E-state index contributed by atoms with van der Waals surface area (Å²) in [6, 6.07) is 8.16. The molecule has 154 valence electrons. The van der Waals surface area contributed by atoms with E-state index >= 15 is 0 Å². The average molecular weight is 411 g/mol. The van der Waals surface area contributed by atoms with Gasteiger partial charge in [0.15, 0.2) is 9.84 Å². The second kappa shape index (κ2) is 9.54. The smallest absolute Gasteiger partial charge is 0.408 e. The number of amides is 3. The molecule has 1 fully saturated rings. The fourth-order valence-corrected chi connectivity index (χ4v) is 4.47. The largest absolute Gasteiger partial charge is 0.445 e. The van der Waals surface area contributed by atoms with Crippen LogP contribution in [0.1, 0.15) is 25.8 Å². The number of benzene rings is 1. The van der Waals surface area contributed by atoms with Gasteiger partial charge >= 0.3 is 6.09 Å². The van der Waals surface area contributed by atoms with E-state index in [-0.39, 0.29) is 30.5 Å². The summed E-state index contributed by atoms with van der Waals surface area (Å²) >= 11 is 0. The van der Waals surface area contributed by atoms with Crippen molar-refractivity contribution in [3.05, 3.63) is 35.9 Å². The van der Waals surface area contributed by atoms with E-state index in [0.717, 1.165) is 5.56 Å². The van der Waals surface area contributed by atoms with Crippen LogP contribution in [-0.4, -0.2) is 43.9 Å². The Morgan fingerprint density at radius 2 is 1.82 bits per heavy atom. The molecule has 9 nitrogen and oxygen atoms in total. The first-order valence-electron chi connectivity index (χ1n) is 8.95. The summed E-state index contributed by atoms with van der Waals surface area (Å²) in [6.07, 6.45) is -0.534. The van der Waals surface area contributed by atoms with Crippen molar-refractivity contribution < 1.29 is 27.5 Å². The Morgan fingerprint density at radius 3 is 2.39 bits per heavy atom. The molecule has 2 atom stereocenters. The number of hydrogen-bond acceptors (Lipinski definition) is 6. The van der Waals surface area contributed by atoms with Gasteiger partial charge in [0, 0.05) is 0 Å². The minimum Gasteiger partial charge on any atom is -0.445 e. The minimum absolute atomic E-state index is 0.0392. The molecule has 0 aromatic heterocycles. The Bertz CT molecular complexity index is 810. The maximum atomic E-state index is 12.3. The molecule has 3 N–H and O–H groups in total. The molecule has 1 aliphatic rings. The van der Waals surface area contributed by atoms with Crippen LogP contribution in [0.3, 0.4) is 0 Å². The molecule has 1 aromatic rings. The van der Waals surface area contributed by atoms with Gasteiger partial charge < -0.3 is 10.1 Å². The van der Waals surface area contributed by atoms with Crippen molar-refractivity contribution in [3.8, 4) is 0 Å². The lowest BCUT2D eigenvalue weighted by atomic mass is 10.0. The molecule has 0 aliphatic carbocycles. The van der Waals surface area contributed by atoms with Crippen LogP contribution in [0, 0.1) is 11.8 Å². The number of alkyl carbamates (subject to hydrolysis) is 1. The number of hydrogen-bond donors (Lipinski definition) is 3. The zero-order valence-electron chi connectivity index (χ0n) is 15.8. The second-order valence-electron chi connectivity index (χ2n) is 7.01. The number of hydrazine groups is 1. The van der Waals surface area contributed by atoms with Crippen molar-refractivity contribution in [1.29, 1.82) is 0 Å². The molecule has 0 saturated carbocycles. The monoisotopic (exact) mass is 411 g/mol. The number of carbonyl (C=O) groups is 3. The Hall–Kier alpha value is -2.62. The maximum Gasteiger partial charge on any atom is 0.408 e. The lowest BCUT2D eigenvalue weighted by Crippen LogP contribution is -2.55. The number of nitrogens with one attached hydrogen (secondary N) is 3. The lowest BCUT2D eigenvalue weighted by Gasteiger charge is -2.22. The van der Waals surface area contributed by atoms with Gasteiger partial charge in [-0.2, -0.15) is 0 Å². The van der Waals surface area contributed by atoms with Crippen molar-refractivity contribution in [3.63, 3.8) is 0 Å². The van der Waals surface area contributed by atoms with Crippen LogP contribution in [0.25, 0.3) is 0 Å². The van der Waals surface area contributed by atoms with Crippen molar-refractivity contribution in [2.24, 2.45) is 11.8 Å². The van der Waals surface area contributed by atoms with Crippen LogP contribution in [0.15, 0.2) is 30.3 Å². The van der Waals surface area contributed by atoms with Crippen molar-refractivity contribution in [2.75, 3.05) is 11.5 Å². The number of carbonyl (C=O) groups excluding carboxylic acids is 3. The molecular weight excluding hydrogens is 386 g/mol. The number of rotatable bonds is 6. The standard InChI is InChI=1S/C18H25N3O6S/c1-12(2)15(19-18(24)27-10-13-6-4-3-5-7-13)17(23)21-20-16(22)14-8-9-28(25,26)11-14/h3-7,12,14-15H,8-11H2,1-2H3,(H,19,24)(H,20,22)(H,21,23). The van der Waals surface area contributed by atoms with Crippen LogP contribution in [0.4, 0.5) is 4.79 Å². The molecule has 2 rings (SSSR count). The van der Waals surface area contributed by atoms with E-state index < -0.39 is 39.7 Å². The molecule has 1 aliphatic heterocycles. The Kier molecular flexibility index (Phi) is 7.38. The van der Waals surface area contributed by atoms with E-state index in [0.29, 0.717) is 0 Å². The molecule has 0 bridgehead atoms. The third kappa shape index (κ3) is 6.52. The Labute approximate surface area is 164 Å². The molecule has 0 spiro atoms. The zero-order chi connectivity index (χ0) is 20.7. The summed E-state index contributed by atoms with van der Waals surface area (Å²) in [6.45, 7) is 3.52. The molecule has 1 aromatic carbocycles. The van der Waals surface area contributed by atoms with Gasteiger partial charge in [0.05, 0.1) is 17.4 Å². The van der Waals surface area contributed by atoms with Gasteiger partial charge in [-0.05, 0) is 17.9 Å². The van der Waals surface area contributed by atoms with Gasteiger partial charge in [0.2, 0.25) is 5.91 Å². The highest BCUT2D eigenvalue weighted by molar-refractivity contribution is 7.91. The quantitative estimate of drug-likeness (QED) is 0.585. The van der Waals surface area contributed by atoms with Crippen molar-refractivity contribution >= 4 is 27.7 Å². The van der Waals surface area contributed by atoms with Gasteiger partial charge in [-0.15, -0.1) is 0 Å². The number of sulfone groups is 1. The Balaban J connectivity index is 1.82. The molecule has 2 unspecified atom stereocenters. The van der Waals surface area contributed by atoms with Gasteiger partial charge in [-0.25, -0.2) is 13.2 Å². The molecule has 3 amide bonds. The van der Waals surface area contributed by atoms with E-state index in [1.807, 2.05) is 18.2 Å². The van der Waals surface area contributed by atoms with Gasteiger partial charge in [0.25, 0.3) is 5.91 Å². The first kappa shape index (κ1) is 21.7. The molecule has 10 heteroatoms. The summed E-state index contributed by atoms with van der Waals surface area (Å²) < 4.78 is 28.0. The summed E-state index contributed by atoms with van der Waals surface area (Å²) in [4.78, 5) is 36.3. The lowest BCUT2D eigenvalue weighted by molar-refractivity contribution is -0.132. The zero-order valence-corrected chi connectivity index (χ0v) is 16.6. The predicted octanol–water partition coefficient (Wildman–Crippen LogP) is 0.520. The topological polar surface area (TPSA) is 131 Å². The van der Waals surface area contributed by atoms with E-state index in [1.54, 1.807) is 26.0 Å². The first-order valence-corrected chi connectivity index (χ1v) is 10.8. The maximum absolute atomic E-state index is 12.3. The fourth-order valence-electron chi connectivity index (χ4n) is 2.73. The fraction of sp³-hybridized carbons (Fsp3) is 0.500. The summed E-state index contributed by atoms with van der Waals surface area (Å²) in [5.41, 5.74) is 5.28. The van der Waals surface area contributed by atoms with Gasteiger partial charge in [-0.3, -0.25) is 20.4 Å². The third-order valence-corrected chi connectivity index (χ3v) is 6.12. The van der Waals surface area contributed by atoms with E-state index in [2.05, 4.69) is 16.2 Å². The van der Waals surface area contributed by atoms with Crippen LogP contribution >= 0.6 is 0 Å². The number of ether oxygens (including phenoxy) is 1. The highest BCUT2D eigenvalue weighted by Gasteiger charge is 2.33. The molecular formula is C18H25N3O6S. The highest BCUT2D eigenvalue weighted by Crippen LogP contribution is 2.18. The normalized spacial score (nSPS) is 18.9. The molecule has 28 heavy (non-hydrogen) atoms. The highest BCUT2D eigenvalue weighted by atomic mass is 32.2. The Morgan fingerprint density at radius 1 is 1.14 bits per heavy atom. The first-order chi connectivity index (χ1) is 13.2. The third-order valence-electron chi connectivity index (χ3n) is 4.35. The molecule has 1 saturated heterocycles. The van der Waals surface area contributed by atoms with Crippen LogP contribution < -0.4 is 16.2 Å². The van der Waals surface area contributed by atoms with E-state index in [9.17, 15) is 22.8 Å². The predicted molar refractivity (Wildman–Crippen MR) is 101 cm³/mol. The second-order valence-corrected chi connectivity index (χ2v) is 9.23. The van der Waals surface area contributed by atoms with E-state index in [1.165, 1.54) is 0 Å². The summed E-state index contributed by atoms with van der Waals surface area (Å²) in [7, 11) is -3.20. The molecule has 0 radical (unpaired) electrons. The summed E-state index contributed by atoms with van der Waals surface area (Å²) in [5.74, 6) is -2.42. The van der Waals surface area contributed by atoms with Crippen LogP contribution in [-0.2, 0) is 30.8 Å². The van der Waals surface area contributed by atoms with Gasteiger partial charge in [-0.1, -0.05) is 44.2 Å². The SMILES string of the molecule is CC(C)C(NC(=O)OCc1ccccc1)C(=O)NNC(=O)C1CCS(=O)(=O)C1. The van der Waals surface area contributed by atoms with Crippen LogP contribution in [0.5, 0.6) is 0 Å². The van der Waals surface area contributed by atoms with Crippen LogP contribution in [0.2, 0.25) is 0 Å². The summed E-state index contributed by atoms with van der Waals surface area (Å²) in [5, 5.41) is 2.47. The minimum atomic E-state index is -3.20. The van der Waals surface area contributed by atoms with Crippen molar-refractivity contribution in [1.82, 2.24) is 16.2 Å². The van der Waals surface area contributed by atoms with Crippen molar-refractivity contribution in [2.45, 2.75) is 32.9 Å². The molecule has 1 heterocycles. The van der Waals surface area contributed by atoms with Gasteiger partial charge in [0.1, 0.15) is 12.6 Å². The average Bonchev–Trinajstić information content (AvgIpc) is 3.02. The van der Waals surface area contributed by atoms with E-state index in [4.69, 9.17) is 4.74 Å².